The smallest absolute Gasteiger partial charge is 0.261 e. The normalized spacial score (nSPS) is 11.4. The second kappa shape index (κ2) is 6.48. The van der Waals surface area contributed by atoms with E-state index in [0.717, 1.165) is 11.4 Å². The first-order valence-electron chi connectivity index (χ1n) is 8.16. The zero-order chi connectivity index (χ0) is 18.3. The van der Waals surface area contributed by atoms with Crippen molar-refractivity contribution >= 4 is 28.3 Å². The zero-order valence-electron chi connectivity index (χ0n) is 14.7. The molecule has 0 N–H and O–H groups in total. The average molecular weight is 358 g/mol. The first kappa shape index (κ1) is 17.4. The number of benzene rings is 1. The Morgan fingerprint density at radius 1 is 1.24 bits per heavy atom. The Balaban J connectivity index is 1.98. The number of aromatic nitrogens is 3. The van der Waals surface area contributed by atoms with Crippen LogP contribution < -0.4 is 5.56 Å². The van der Waals surface area contributed by atoms with Crippen LogP contribution in [0.1, 0.15) is 41.6 Å². The summed E-state index contributed by atoms with van der Waals surface area (Å²) < 4.78 is 3.47. The van der Waals surface area contributed by atoms with Gasteiger partial charge in [0.05, 0.1) is 23.8 Å². The van der Waals surface area contributed by atoms with E-state index in [-0.39, 0.29) is 23.9 Å². The number of rotatable bonds is 4. The fourth-order valence-electron chi connectivity index (χ4n) is 3.34. The number of halogens is 1. The number of ketones is 1. The Morgan fingerprint density at radius 3 is 2.60 bits per heavy atom. The highest BCUT2D eigenvalue weighted by molar-refractivity contribution is 6.31. The van der Waals surface area contributed by atoms with Gasteiger partial charge in [-0.1, -0.05) is 11.6 Å². The lowest BCUT2D eigenvalue weighted by Gasteiger charge is -2.13. The molecule has 25 heavy (non-hydrogen) atoms. The molecule has 3 aromatic rings. The van der Waals surface area contributed by atoms with Gasteiger partial charge in [-0.25, -0.2) is 4.98 Å². The van der Waals surface area contributed by atoms with Crippen LogP contribution in [0.2, 0.25) is 5.02 Å². The van der Waals surface area contributed by atoms with Crippen LogP contribution in [0.25, 0.3) is 10.9 Å². The van der Waals surface area contributed by atoms with Crippen molar-refractivity contribution in [3.63, 3.8) is 0 Å². The predicted octanol–water partition coefficient (Wildman–Crippen LogP) is 3.93. The van der Waals surface area contributed by atoms with E-state index in [4.69, 9.17) is 11.6 Å². The highest BCUT2D eigenvalue weighted by Crippen LogP contribution is 2.21. The number of hydrogen-bond acceptors (Lipinski definition) is 3. The van der Waals surface area contributed by atoms with E-state index in [2.05, 4.69) is 23.4 Å². The van der Waals surface area contributed by atoms with Gasteiger partial charge in [-0.05, 0) is 52.0 Å². The Bertz CT molecular complexity index is 1030. The van der Waals surface area contributed by atoms with Crippen molar-refractivity contribution in [3.05, 3.63) is 62.9 Å². The molecule has 0 bridgehead atoms. The maximum atomic E-state index is 12.7. The first-order chi connectivity index (χ1) is 11.8. The second-order valence-corrected chi connectivity index (χ2v) is 6.95. The van der Waals surface area contributed by atoms with E-state index in [1.807, 2.05) is 19.9 Å². The third-order valence-electron chi connectivity index (χ3n) is 4.40. The van der Waals surface area contributed by atoms with E-state index < -0.39 is 0 Å². The minimum absolute atomic E-state index is 0.0349. The van der Waals surface area contributed by atoms with Gasteiger partial charge >= 0.3 is 0 Å². The van der Waals surface area contributed by atoms with Crippen molar-refractivity contribution < 1.29 is 4.79 Å². The minimum atomic E-state index is -0.243. The highest BCUT2D eigenvalue weighted by atomic mass is 35.5. The Kier molecular flexibility index (Phi) is 4.52. The molecule has 1 aromatic carbocycles. The van der Waals surface area contributed by atoms with Crippen LogP contribution in [0, 0.1) is 13.8 Å². The van der Waals surface area contributed by atoms with E-state index in [9.17, 15) is 9.59 Å². The van der Waals surface area contributed by atoms with E-state index in [1.165, 1.54) is 10.9 Å². The minimum Gasteiger partial charge on any atom is -0.346 e. The molecule has 0 aliphatic carbocycles. The molecule has 6 heteroatoms. The van der Waals surface area contributed by atoms with Gasteiger partial charge < -0.3 is 4.57 Å². The third-order valence-corrected chi connectivity index (χ3v) is 4.64. The first-order valence-corrected chi connectivity index (χ1v) is 8.53. The summed E-state index contributed by atoms with van der Waals surface area (Å²) in [5.74, 6) is -0.0998. The predicted molar refractivity (Wildman–Crippen MR) is 99.6 cm³/mol. The van der Waals surface area contributed by atoms with Crippen molar-refractivity contribution in [1.29, 1.82) is 0 Å². The number of Topliss-reactive ketones (excluding diaryl/α,β-unsaturated/α-hetero) is 1. The molecule has 0 amide bonds. The van der Waals surface area contributed by atoms with Gasteiger partial charge in [0.1, 0.15) is 0 Å². The number of carbonyl (C=O) groups excluding carboxylic acids is 1. The summed E-state index contributed by atoms with van der Waals surface area (Å²) in [6.45, 7) is 8.04. The Hall–Kier alpha value is -2.40. The summed E-state index contributed by atoms with van der Waals surface area (Å²) in [6.07, 6.45) is 1.40. The molecule has 0 fully saturated rings. The van der Waals surface area contributed by atoms with Crippen LogP contribution in [0.4, 0.5) is 0 Å². The van der Waals surface area contributed by atoms with Crippen molar-refractivity contribution in [2.45, 2.75) is 40.3 Å². The van der Waals surface area contributed by atoms with Gasteiger partial charge in [0, 0.05) is 28.0 Å². The number of hydrogen-bond donors (Lipinski definition) is 0. The molecule has 5 nitrogen and oxygen atoms in total. The Labute approximate surface area is 150 Å². The summed E-state index contributed by atoms with van der Waals surface area (Å²) >= 11 is 5.93. The second-order valence-electron chi connectivity index (χ2n) is 6.51. The van der Waals surface area contributed by atoms with Crippen LogP contribution in [-0.2, 0) is 6.54 Å². The average Bonchev–Trinajstić information content (AvgIpc) is 2.84. The van der Waals surface area contributed by atoms with E-state index in [0.29, 0.717) is 21.5 Å². The molecular weight excluding hydrogens is 338 g/mol. The summed E-state index contributed by atoms with van der Waals surface area (Å²) in [7, 11) is 0. The summed E-state index contributed by atoms with van der Waals surface area (Å²) in [6, 6.07) is 7.09. The molecular formula is C19H20ClN3O2. The number of fused-ring (bicyclic) bond motifs is 1. The molecule has 0 saturated heterocycles. The van der Waals surface area contributed by atoms with Gasteiger partial charge in [0.15, 0.2) is 5.78 Å². The van der Waals surface area contributed by atoms with Crippen LogP contribution in [0.5, 0.6) is 0 Å². The highest BCUT2D eigenvalue weighted by Gasteiger charge is 2.18. The lowest BCUT2D eigenvalue weighted by atomic mass is 10.1. The maximum Gasteiger partial charge on any atom is 0.261 e. The lowest BCUT2D eigenvalue weighted by molar-refractivity contribution is 0.0970. The molecule has 0 aliphatic rings. The quantitative estimate of drug-likeness (QED) is 0.665. The molecule has 3 rings (SSSR count). The fourth-order valence-corrected chi connectivity index (χ4v) is 3.50. The Morgan fingerprint density at radius 2 is 1.96 bits per heavy atom. The van der Waals surface area contributed by atoms with Crippen LogP contribution in [0.3, 0.4) is 0 Å². The van der Waals surface area contributed by atoms with Gasteiger partial charge in [-0.15, -0.1) is 0 Å². The molecule has 2 aromatic heterocycles. The van der Waals surface area contributed by atoms with Crippen molar-refractivity contribution in [2.75, 3.05) is 0 Å². The standard InChI is InChI=1S/C19H20ClN3O2/c1-11(2)23-12(3)7-16(13(23)4)18(24)9-22-10-21-17-8-14(20)5-6-15(17)19(22)25/h5-8,10-11H,9H2,1-4H3. The number of carbonyl (C=O) groups is 1. The van der Waals surface area contributed by atoms with Gasteiger partial charge in [-0.3, -0.25) is 14.2 Å². The van der Waals surface area contributed by atoms with E-state index >= 15 is 0 Å². The molecule has 2 heterocycles. The fraction of sp³-hybridized carbons (Fsp3) is 0.316. The maximum absolute atomic E-state index is 12.7. The summed E-state index contributed by atoms with van der Waals surface area (Å²) in [5.41, 5.74) is 2.89. The van der Waals surface area contributed by atoms with Crippen molar-refractivity contribution in [3.8, 4) is 0 Å². The van der Waals surface area contributed by atoms with Gasteiger partial charge in [0.2, 0.25) is 0 Å². The van der Waals surface area contributed by atoms with Crippen molar-refractivity contribution in [2.24, 2.45) is 0 Å². The molecule has 0 unspecified atom stereocenters. The molecule has 0 aliphatic heterocycles. The number of aryl methyl sites for hydroxylation is 1. The SMILES string of the molecule is Cc1cc(C(=O)Cn2cnc3cc(Cl)ccc3c2=O)c(C)n1C(C)C. The van der Waals surface area contributed by atoms with Crippen LogP contribution in [-0.4, -0.2) is 19.9 Å². The van der Waals surface area contributed by atoms with Crippen LogP contribution >= 0.6 is 11.6 Å². The molecule has 0 spiro atoms. The van der Waals surface area contributed by atoms with Gasteiger partial charge in [-0.2, -0.15) is 0 Å². The topological polar surface area (TPSA) is 56.9 Å². The monoisotopic (exact) mass is 357 g/mol. The molecule has 0 atom stereocenters. The van der Waals surface area contributed by atoms with Crippen LogP contribution in [0.15, 0.2) is 35.4 Å². The molecule has 130 valence electrons. The molecule has 0 radical (unpaired) electrons. The van der Waals surface area contributed by atoms with Gasteiger partial charge in [0.25, 0.3) is 5.56 Å². The van der Waals surface area contributed by atoms with E-state index in [1.54, 1.807) is 18.2 Å². The summed E-state index contributed by atoms with van der Waals surface area (Å²) in [5, 5.41) is 0.974. The zero-order valence-corrected chi connectivity index (χ0v) is 15.5. The van der Waals surface area contributed by atoms with Crippen molar-refractivity contribution in [1.82, 2.24) is 14.1 Å². The summed E-state index contributed by atoms with van der Waals surface area (Å²) in [4.78, 5) is 29.6. The third kappa shape index (κ3) is 3.12. The number of nitrogens with zero attached hydrogens (tertiary/aromatic N) is 3. The molecule has 0 saturated carbocycles. The largest absolute Gasteiger partial charge is 0.346 e. The lowest BCUT2D eigenvalue weighted by Crippen LogP contribution is -2.25.